The minimum absolute atomic E-state index is 0.325. The van der Waals surface area contributed by atoms with E-state index in [1.54, 1.807) is 11.1 Å². The molecular formula is C28H43N3S. The summed E-state index contributed by atoms with van der Waals surface area (Å²) in [7, 11) is 4.41. The van der Waals surface area contributed by atoms with E-state index in [0.29, 0.717) is 16.9 Å². The van der Waals surface area contributed by atoms with Gasteiger partial charge < -0.3 is 9.80 Å². The van der Waals surface area contributed by atoms with Gasteiger partial charge in [0.2, 0.25) is 0 Å². The van der Waals surface area contributed by atoms with Crippen LogP contribution in [-0.2, 0) is 10.8 Å². The third kappa shape index (κ3) is 4.03. The Balaban J connectivity index is 1.65. The van der Waals surface area contributed by atoms with Gasteiger partial charge >= 0.3 is 0 Å². The van der Waals surface area contributed by atoms with Crippen LogP contribution < -0.4 is 4.90 Å². The van der Waals surface area contributed by atoms with E-state index in [2.05, 4.69) is 75.2 Å². The monoisotopic (exact) mass is 453 g/mol. The van der Waals surface area contributed by atoms with Crippen molar-refractivity contribution in [3.8, 4) is 11.3 Å². The molecule has 1 aromatic carbocycles. The lowest BCUT2D eigenvalue weighted by Crippen LogP contribution is -2.41. The largest absolute Gasteiger partial charge is 0.348 e. The van der Waals surface area contributed by atoms with Crippen molar-refractivity contribution in [3.63, 3.8) is 0 Å². The number of piperidine rings is 1. The van der Waals surface area contributed by atoms with Gasteiger partial charge in [0.1, 0.15) is 0 Å². The maximum atomic E-state index is 5.13. The maximum Gasteiger partial charge on any atom is 0.185 e. The number of nitrogens with zero attached hydrogens (tertiary/aromatic N) is 3. The molecule has 4 heteroatoms. The van der Waals surface area contributed by atoms with Crippen molar-refractivity contribution < 1.29 is 0 Å². The van der Waals surface area contributed by atoms with E-state index in [-0.39, 0.29) is 0 Å². The molecule has 3 nitrogen and oxygen atoms in total. The second kappa shape index (κ2) is 9.46. The molecule has 1 fully saturated rings. The molecular weight excluding hydrogens is 410 g/mol. The minimum atomic E-state index is 0.325. The number of hydrogen-bond acceptors (Lipinski definition) is 4. The number of rotatable bonds is 7. The molecule has 1 aromatic heterocycles. The Labute approximate surface area is 200 Å². The van der Waals surface area contributed by atoms with E-state index >= 15 is 0 Å². The number of anilines is 1. The number of thiazole rings is 1. The van der Waals surface area contributed by atoms with Crippen molar-refractivity contribution in [3.05, 3.63) is 34.7 Å². The fraction of sp³-hybridized carbons (Fsp3) is 0.679. The summed E-state index contributed by atoms with van der Waals surface area (Å²) in [4.78, 5) is 10.00. The first-order valence-corrected chi connectivity index (χ1v) is 13.8. The first-order valence-electron chi connectivity index (χ1n) is 12.9. The van der Waals surface area contributed by atoms with Gasteiger partial charge in [-0.05, 0) is 93.5 Å². The fourth-order valence-electron chi connectivity index (χ4n) is 6.44. The molecule has 0 radical (unpaired) electrons. The van der Waals surface area contributed by atoms with Gasteiger partial charge in [-0.2, -0.15) is 0 Å². The topological polar surface area (TPSA) is 19.4 Å². The van der Waals surface area contributed by atoms with Crippen molar-refractivity contribution in [1.82, 2.24) is 9.88 Å². The summed E-state index contributed by atoms with van der Waals surface area (Å²) in [5.74, 6) is 0. The Bertz CT molecular complexity index is 899. The predicted molar refractivity (Wildman–Crippen MR) is 140 cm³/mol. The van der Waals surface area contributed by atoms with Crippen LogP contribution in [0.5, 0.6) is 0 Å². The van der Waals surface area contributed by atoms with Crippen molar-refractivity contribution >= 4 is 16.5 Å². The third-order valence-electron chi connectivity index (χ3n) is 9.20. The molecule has 1 aliphatic heterocycles. The van der Waals surface area contributed by atoms with E-state index in [4.69, 9.17) is 4.98 Å². The van der Waals surface area contributed by atoms with E-state index in [0.717, 1.165) is 18.8 Å². The van der Waals surface area contributed by atoms with Crippen LogP contribution in [0.3, 0.4) is 0 Å². The van der Waals surface area contributed by atoms with Gasteiger partial charge in [-0.1, -0.05) is 39.8 Å². The summed E-state index contributed by atoms with van der Waals surface area (Å²) in [5, 5.41) is 3.48. The predicted octanol–water partition coefficient (Wildman–Crippen LogP) is 7.25. The number of benzene rings is 1. The van der Waals surface area contributed by atoms with E-state index in [1.807, 2.05) is 11.3 Å². The Morgan fingerprint density at radius 3 is 2.09 bits per heavy atom. The van der Waals surface area contributed by atoms with Gasteiger partial charge in [0.25, 0.3) is 0 Å². The average Bonchev–Trinajstić information content (AvgIpc) is 3.34. The summed E-state index contributed by atoms with van der Waals surface area (Å²) in [6, 6.07) is 8.06. The van der Waals surface area contributed by atoms with Gasteiger partial charge in [-0.3, -0.25) is 0 Å². The summed E-state index contributed by atoms with van der Waals surface area (Å²) >= 11 is 1.82. The van der Waals surface area contributed by atoms with Gasteiger partial charge in [0.05, 0.1) is 5.69 Å². The molecule has 32 heavy (non-hydrogen) atoms. The zero-order valence-electron chi connectivity index (χ0n) is 21.2. The first kappa shape index (κ1) is 23.8. The number of fused-ring (bicyclic) bond motifs is 1. The van der Waals surface area contributed by atoms with E-state index in [9.17, 15) is 0 Å². The number of hydrogen-bond donors (Lipinski definition) is 0. The molecule has 0 spiro atoms. The van der Waals surface area contributed by atoms with Gasteiger partial charge in [-0.15, -0.1) is 11.3 Å². The van der Waals surface area contributed by atoms with E-state index < -0.39 is 0 Å². The van der Waals surface area contributed by atoms with E-state index in [1.165, 1.54) is 62.1 Å². The van der Waals surface area contributed by atoms with Crippen LogP contribution in [0.2, 0.25) is 0 Å². The Hall–Kier alpha value is -1.39. The van der Waals surface area contributed by atoms with Crippen LogP contribution in [-0.4, -0.2) is 43.1 Å². The molecule has 0 unspecified atom stereocenters. The quantitative estimate of drug-likeness (QED) is 0.440. The molecule has 2 aliphatic rings. The molecule has 2 heterocycles. The zero-order valence-corrected chi connectivity index (χ0v) is 22.0. The normalized spacial score (nSPS) is 20.5. The van der Waals surface area contributed by atoms with Crippen molar-refractivity contribution in [2.24, 2.45) is 0 Å². The molecule has 0 N–H and O–H groups in total. The highest BCUT2D eigenvalue weighted by molar-refractivity contribution is 7.14. The summed E-state index contributed by atoms with van der Waals surface area (Å²) in [6.07, 6.45) is 10.0. The van der Waals surface area contributed by atoms with Crippen LogP contribution >= 0.6 is 11.3 Å². The lowest BCUT2D eigenvalue weighted by molar-refractivity contribution is 0.239. The Morgan fingerprint density at radius 1 is 0.938 bits per heavy atom. The molecule has 4 rings (SSSR count). The standard InChI is InChI=1S/C28H43N3S/c1-7-27(8-2)15-16-28(9-3,10-4)24-19-21(11-12-23(24)27)25-20-32-26(29-25)31-17-13-22(14-18-31)30(5)6/h11-12,19-20,22H,7-10,13-18H2,1-6H3. The molecule has 1 saturated heterocycles. The molecule has 1 aliphatic carbocycles. The first-order chi connectivity index (χ1) is 15.4. The molecule has 0 amide bonds. The summed E-state index contributed by atoms with van der Waals surface area (Å²) in [6.45, 7) is 11.8. The van der Waals surface area contributed by atoms with Crippen molar-refractivity contribution in [1.29, 1.82) is 0 Å². The van der Waals surface area contributed by atoms with Crippen LogP contribution in [0, 0.1) is 0 Å². The molecule has 0 saturated carbocycles. The molecule has 0 atom stereocenters. The smallest absolute Gasteiger partial charge is 0.185 e. The molecule has 176 valence electrons. The van der Waals surface area contributed by atoms with Gasteiger partial charge in [0, 0.05) is 30.1 Å². The molecule has 2 aromatic rings. The Morgan fingerprint density at radius 2 is 1.53 bits per heavy atom. The highest BCUT2D eigenvalue weighted by atomic mass is 32.1. The highest BCUT2D eigenvalue weighted by Crippen LogP contribution is 2.53. The highest BCUT2D eigenvalue weighted by Gasteiger charge is 2.43. The van der Waals surface area contributed by atoms with Gasteiger partial charge in [0.15, 0.2) is 5.13 Å². The van der Waals surface area contributed by atoms with Crippen LogP contribution in [0.1, 0.15) is 90.2 Å². The van der Waals surface area contributed by atoms with Crippen LogP contribution in [0.15, 0.2) is 23.6 Å². The minimum Gasteiger partial charge on any atom is -0.348 e. The zero-order chi connectivity index (χ0) is 22.9. The van der Waals surface area contributed by atoms with Gasteiger partial charge in [-0.25, -0.2) is 4.98 Å². The lowest BCUT2D eigenvalue weighted by atomic mass is 9.57. The maximum absolute atomic E-state index is 5.13. The van der Waals surface area contributed by atoms with Crippen molar-refractivity contribution in [2.45, 2.75) is 95.9 Å². The second-order valence-corrected chi connectivity index (χ2v) is 11.3. The fourth-order valence-corrected chi connectivity index (χ4v) is 7.33. The van der Waals surface area contributed by atoms with Crippen LogP contribution in [0.4, 0.5) is 5.13 Å². The lowest BCUT2D eigenvalue weighted by Gasteiger charge is -2.48. The second-order valence-electron chi connectivity index (χ2n) is 10.4. The SMILES string of the molecule is CCC1(CC)CCC(CC)(CC)c2cc(-c3csc(N4CCC(N(C)C)CC4)n3)ccc21. The summed E-state index contributed by atoms with van der Waals surface area (Å²) in [5.41, 5.74) is 6.40. The Kier molecular flexibility index (Phi) is 7.03. The van der Waals surface area contributed by atoms with Crippen molar-refractivity contribution in [2.75, 3.05) is 32.1 Å². The molecule has 0 bridgehead atoms. The third-order valence-corrected chi connectivity index (χ3v) is 10.1. The average molecular weight is 454 g/mol. The van der Waals surface area contributed by atoms with Crippen LogP contribution in [0.25, 0.3) is 11.3 Å². The summed E-state index contributed by atoms with van der Waals surface area (Å²) < 4.78 is 0. The number of aromatic nitrogens is 1.